The Morgan fingerprint density at radius 2 is 2.04 bits per heavy atom. The molecule has 23 heavy (non-hydrogen) atoms. The molecule has 3 heteroatoms. The summed E-state index contributed by atoms with van der Waals surface area (Å²) in [4.78, 5) is 7.55. The highest BCUT2D eigenvalue weighted by molar-refractivity contribution is 5.58. The Labute approximate surface area is 138 Å². The van der Waals surface area contributed by atoms with E-state index in [0.29, 0.717) is 11.6 Å². The van der Waals surface area contributed by atoms with E-state index in [1.165, 1.54) is 30.5 Å². The van der Waals surface area contributed by atoms with Crippen LogP contribution >= 0.6 is 0 Å². The molecule has 3 nitrogen and oxygen atoms in total. The zero-order valence-corrected chi connectivity index (χ0v) is 13.8. The van der Waals surface area contributed by atoms with Gasteiger partial charge >= 0.3 is 0 Å². The zero-order valence-electron chi connectivity index (χ0n) is 13.8. The fourth-order valence-electron chi connectivity index (χ4n) is 4.24. The first-order valence-electron chi connectivity index (χ1n) is 8.81. The van der Waals surface area contributed by atoms with E-state index in [2.05, 4.69) is 65.7 Å². The van der Waals surface area contributed by atoms with Gasteiger partial charge in [0.1, 0.15) is 0 Å². The van der Waals surface area contributed by atoms with Gasteiger partial charge in [0.05, 0.1) is 11.4 Å². The molecule has 1 saturated carbocycles. The Balaban J connectivity index is 1.53. The molecule has 2 atom stereocenters. The summed E-state index contributed by atoms with van der Waals surface area (Å²) in [7, 11) is 0. The minimum atomic E-state index is 0.370. The molecule has 1 aromatic heterocycles. The molecule has 0 spiro atoms. The summed E-state index contributed by atoms with van der Waals surface area (Å²) in [6.45, 7) is 5.51. The molecule has 2 fully saturated rings. The molecule has 1 aliphatic heterocycles. The largest absolute Gasteiger partial charge is 0.308 e. The number of hydrogen-bond acceptors (Lipinski definition) is 3. The zero-order chi connectivity index (χ0) is 15.7. The van der Waals surface area contributed by atoms with E-state index < -0.39 is 0 Å². The van der Waals surface area contributed by atoms with Crippen molar-refractivity contribution >= 4 is 0 Å². The lowest BCUT2D eigenvalue weighted by atomic mass is 9.68. The molecule has 2 heterocycles. The number of pyridine rings is 1. The lowest BCUT2D eigenvalue weighted by Crippen LogP contribution is -2.71. The van der Waals surface area contributed by atoms with E-state index in [1.54, 1.807) is 0 Å². The van der Waals surface area contributed by atoms with Crippen molar-refractivity contribution < 1.29 is 0 Å². The molecular formula is C20H25N3. The predicted molar refractivity (Wildman–Crippen MR) is 94.1 cm³/mol. The van der Waals surface area contributed by atoms with Crippen molar-refractivity contribution in [1.82, 2.24) is 15.2 Å². The van der Waals surface area contributed by atoms with Gasteiger partial charge in [-0.05, 0) is 31.4 Å². The second kappa shape index (κ2) is 6.06. The van der Waals surface area contributed by atoms with Crippen molar-refractivity contribution in [2.24, 2.45) is 0 Å². The van der Waals surface area contributed by atoms with Crippen LogP contribution in [0.15, 0.2) is 48.5 Å². The van der Waals surface area contributed by atoms with Crippen LogP contribution < -0.4 is 5.32 Å². The first-order valence-corrected chi connectivity index (χ1v) is 8.81. The van der Waals surface area contributed by atoms with Crippen molar-refractivity contribution in [1.29, 1.82) is 0 Å². The number of rotatable bonds is 4. The number of benzene rings is 1. The van der Waals surface area contributed by atoms with Crippen molar-refractivity contribution in [3.63, 3.8) is 0 Å². The number of nitrogens with one attached hydrogen (secondary N) is 1. The number of hydrogen-bond donors (Lipinski definition) is 1. The molecule has 1 aliphatic carbocycles. The summed E-state index contributed by atoms with van der Waals surface area (Å²) in [6.07, 6.45) is 3.87. The standard InChI is InChI=1S/C20H25N3/c1-2-20-12-11-19(20)23(14-13-21-20)15-17-9-6-10-18(22-17)16-7-4-3-5-8-16/h3-10,19,21H,2,11-15H2,1H3. The van der Waals surface area contributed by atoms with Crippen molar-refractivity contribution in [2.75, 3.05) is 13.1 Å². The molecule has 120 valence electrons. The molecule has 4 rings (SSSR count). The first-order chi connectivity index (χ1) is 11.3. The smallest absolute Gasteiger partial charge is 0.0705 e. The molecule has 0 amide bonds. The topological polar surface area (TPSA) is 28.2 Å². The number of piperazine rings is 1. The predicted octanol–water partition coefficient (Wildman–Crippen LogP) is 3.47. The first kappa shape index (κ1) is 14.9. The van der Waals surface area contributed by atoms with Crippen LogP contribution in [0, 0.1) is 0 Å². The molecule has 2 unspecified atom stereocenters. The summed E-state index contributed by atoms with van der Waals surface area (Å²) in [5, 5.41) is 3.77. The lowest BCUT2D eigenvalue weighted by molar-refractivity contribution is -0.0281. The van der Waals surface area contributed by atoms with Crippen LogP contribution in [0.1, 0.15) is 31.9 Å². The van der Waals surface area contributed by atoms with Crippen LogP contribution in [0.4, 0.5) is 0 Å². The Kier molecular flexibility index (Phi) is 3.92. The Hall–Kier alpha value is -1.71. The van der Waals surface area contributed by atoms with Gasteiger partial charge in [0.2, 0.25) is 0 Å². The second-order valence-corrected chi connectivity index (χ2v) is 6.84. The molecule has 2 aliphatic rings. The maximum absolute atomic E-state index is 4.91. The molecule has 1 saturated heterocycles. The van der Waals surface area contributed by atoms with Crippen molar-refractivity contribution in [3.8, 4) is 11.3 Å². The summed E-state index contributed by atoms with van der Waals surface area (Å²) in [5.74, 6) is 0. The van der Waals surface area contributed by atoms with Crippen LogP contribution in [0.2, 0.25) is 0 Å². The van der Waals surface area contributed by atoms with Gasteiger partial charge in [-0.25, -0.2) is 0 Å². The lowest BCUT2D eigenvalue weighted by Gasteiger charge is -2.58. The van der Waals surface area contributed by atoms with Gasteiger partial charge in [0.25, 0.3) is 0 Å². The SMILES string of the molecule is CCC12CCC1N(Cc1cccc(-c3ccccc3)n1)CCN2. The Morgan fingerprint density at radius 3 is 2.78 bits per heavy atom. The average molecular weight is 307 g/mol. The van der Waals surface area contributed by atoms with Crippen LogP contribution in [0.25, 0.3) is 11.3 Å². The maximum Gasteiger partial charge on any atom is 0.0705 e. The minimum Gasteiger partial charge on any atom is -0.308 e. The summed E-state index contributed by atoms with van der Waals surface area (Å²) >= 11 is 0. The van der Waals surface area contributed by atoms with Gasteiger partial charge < -0.3 is 5.32 Å². The second-order valence-electron chi connectivity index (χ2n) is 6.84. The Bertz CT molecular complexity index is 666. The average Bonchev–Trinajstić information content (AvgIpc) is 2.58. The molecular weight excluding hydrogens is 282 g/mol. The van der Waals surface area contributed by atoms with E-state index >= 15 is 0 Å². The van der Waals surface area contributed by atoms with E-state index in [-0.39, 0.29) is 0 Å². The molecule has 1 N–H and O–H groups in total. The number of fused-ring (bicyclic) bond motifs is 1. The highest BCUT2D eigenvalue weighted by Crippen LogP contribution is 2.41. The van der Waals surface area contributed by atoms with E-state index in [0.717, 1.165) is 25.3 Å². The third-order valence-corrected chi connectivity index (χ3v) is 5.69. The Morgan fingerprint density at radius 1 is 1.17 bits per heavy atom. The van der Waals surface area contributed by atoms with Crippen molar-refractivity contribution in [3.05, 3.63) is 54.2 Å². The van der Waals surface area contributed by atoms with Gasteiger partial charge in [-0.3, -0.25) is 9.88 Å². The fourth-order valence-corrected chi connectivity index (χ4v) is 4.24. The monoisotopic (exact) mass is 307 g/mol. The third kappa shape index (κ3) is 2.68. The van der Waals surface area contributed by atoms with Gasteiger partial charge in [-0.1, -0.05) is 43.3 Å². The van der Waals surface area contributed by atoms with Gasteiger partial charge in [0, 0.05) is 36.8 Å². The third-order valence-electron chi connectivity index (χ3n) is 5.69. The van der Waals surface area contributed by atoms with Gasteiger partial charge in [-0.2, -0.15) is 0 Å². The highest BCUT2D eigenvalue weighted by Gasteiger charge is 2.49. The van der Waals surface area contributed by atoms with Crippen molar-refractivity contribution in [2.45, 2.75) is 44.3 Å². The van der Waals surface area contributed by atoms with Crippen LogP contribution in [0.5, 0.6) is 0 Å². The van der Waals surface area contributed by atoms with E-state index in [4.69, 9.17) is 4.98 Å². The van der Waals surface area contributed by atoms with Crippen LogP contribution in [-0.4, -0.2) is 34.6 Å². The fraction of sp³-hybridized carbons (Fsp3) is 0.450. The highest BCUT2D eigenvalue weighted by atomic mass is 15.3. The quantitative estimate of drug-likeness (QED) is 0.937. The summed E-state index contributed by atoms with van der Waals surface area (Å²) < 4.78 is 0. The van der Waals surface area contributed by atoms with E-state index in [1.807, 2.05) is 0 Å². The van der Waals surface area contributed by atoms with Gasteiger partial charge in [-0.15, -0.1) is 0 Å². The van der Waals surface area contributed by atoms with Crippen LogP contribution in [0.3, 0.4) is 0 Å². The molecule has 1 aromatic carbocycles. The van der Waals surface area contributed by atoms with E-state index in [9.17, 15) is 0 Å². The maximum atomic E-state index is 4.91. The number of aromatic nitrogens is 1. The molecule has 2 aromatic rings. The minimum absolute atomic E-state index is 0.370. The van der Waals surface area contributed by atoms with Gasteiger partial charge in [0.15, 0.2) is 0 Å². The molecule has 0 bridgehead atoms. The molecule has 0 radical (unpaired) electrons. The van der Waals surface area contributed by atoms with Crippen LogP contribution in [-0.2, 0) is 6.54 Å². The number of nitrogens with zero attached hydrogens (tertiary/aromatic N) is 2. The summed E-state index contributed by atoms with van der Waals surface area (Å²) in [6, 6.07) is 17.6. The normalized spacial score (nSPS) is 27.3. The summed E-state index contributed by atoms with van der Waals surface area (Å²) in [5.41, 5.74) is 3.83.